The number of pyridine rings is 1. The van der Waals surface area contributed by atoms with Gasteiger partial charge in [0.15, 0.2) is 5.65 Å². The maximum absolute atomic E-state index is 5.93. The molecular formula is C17H25ClN6. The van der Waals surface area contributed by atoms with Crippen molar-refractivity contribution in [3.05, 3.63) is 23.9 Å². The van der Waals surface area contributed by atoms with Gasteiger partial charge in [0.25, 0.3) is 0 Å². The summed E-state index contributed by atoms with van der Waals surface area (Å²) in [6.45, 7) is 3.99. The van der Waals surface area contributed by atoms with E-state index in [4.69, 9.17) is 10.7 Å². The third kappa shape index (κ3) is 3.39. The standard InChI is InChI=1S/C17H24N6.ClH/c1-11-15-16(19-8-5-9-22(2)3)13-7-6-12(18)10-14(13)20-17(15)23(4)21-11;/h6-7,10H,5,8-9,18H2,1-4H3,(H,19,20);1H. The number of fused-ring (bicyclic) bond motifs is 2. The molecule has 1 aromatic carbocycles. The summed E-state index contributed by atoms with van der Waals surface area (Å²) in [5.74, 6) is 0. The lowest BCUT2D eigenvalue weighted by molar-refractivity contribution is 0.405. The number of hydrogen-bond donors (Lipinski definition) is 2. The SMILES string of the molecule is Cc1nn(C)c2nc3cc(N)ccc3c(NCCCN(C)C)c12.Cl. The van der Waals surface area contributed by atoms with Crippen LogP contribution in [0.2, 0.25) is 0 Å². The molecule has 0 bridgehead atoms. The molecule has 0 aliphatic carbocycles. The third-order valence-electron chi connectivity index (χ3n) is 4.04. The van der Waals surface area contributed by atoms with Crippen LogP contribution in [0.15, 0.2) is 18.2 Å². The predicted molar refractivity (Wildman–Crippen MR) is 104 cm³/mol. The molecule has 0 fully saturated rings. The van der Waals surface area contributed by atoms with Crippen LogP contribution >= 0.6 is 12.4 Å². The molecule has 3 aromatic rings. The van der Waals surface area contributed by atoms with Crippen LogP contribution in [0.4, 0.5) is 11.4 Å². The van der Waals surface area contributed by atoms with Gasteiger partial charge in [-0.3, -0.25) is 4.68 Å². The van der Waals surface area contributed by atoms with Crippen LogP contribution in [-0.2, 0) is 7.05 Å². The molecule has 0 aliphatic heterocycles. The van der Waals surface area contributed by atoms with Gasteiger partial charge in [0, 0.05) is 24.7 Å². The molecule has 0 spiro atoms. The summed E-state index contributed by atoms with van der Waals surface area (Å²) in [6.07, 6.45) is 1.08. The molecule has 0 saturated carbocycles. The molecule has 2 aromatic heterocycles. The highest BCUT2D eigenvalue weighted by Gasteiger charge is 2.15. The zero-order chi connectivity index (χ0) is 16.6. The fourth-order valence-corrected chi connectivity index (χ4v) is 2.96. The highest BCUT2D eigenvalue weighted by Crippen LogP contribution is 2.33. The molecule has 0 saturated heterocycles. The summed E-state index contributed by atoms with van der Waals surface area (Å²) in [4.78, 5) is 6.94. The van der Waals surface area contributed by atoms with Crippen molar-refractivity contribution in [2.45, 2.75) is 13.3 Å². The van der Waals surface area contributed by atoms with Crippen molar-refractivity contribution in [2.75, 3.05) is 38.2 Å². The Morgan fingerprint density at radius 1 is 1.29 bits per heavy atom. The van der Waals surface area contributed by atoms with E-state index in [-0.39, 0.29) is 12.4 Å². The van der Waals surface area contributed by atoms with Crippen LogP contribution in [0.1, 0.15) is 12.1 Å². The van der Waals surface area contributed by atoms with Crippen molar-refractivity contribution in [3.8, 4) is 0 Å². The number of nitrogens with two attached hydrogens (primary N) is 1. The molecular weight excluding hydrogens is 324 g/mol. The average molecular weight is 349 g/mol. The first-order valence-electron chi connectivity index (χ1n) is 7.88. The summed E-state index contributed by atoms with van der Waals surface area (Å²) in [6, 6.07) is 5.88. The van der Waals surface area contributed by atoms with Gasteiger partial charge in [-0.05, 0) is 52.2 Å². The second kappa shape index (κ2) is 7.23. The molecule has 3 N–H and O–H groups in total. The molecule has 2 heterocycles. The summed E-state index contributed by atoms with van der Waals surface area (Å²) in [5.41, 5.74) is 10.5. The van der Waals surface area contributed by atoms with Gasteiger partial charge in [-0.15, -0.1) is 12.4 Å². The normalized spacial score (nSPS) is 11.2. The van der Waals surface area contributed by atoms with E-state index in [2.05, 4.69) is 29.4 Å². The molecule has 6 nitrogen and oxygen atoms in total. The number of nitrogens with one attached hydrogen (secondary N) is 1. The molecule has 0 atom stereocenters. The Hall–Kier alpha value is -2.05. The van der Waals surface area contributed by atoms with Crippen molar-refractivity contribution >= 4 is 45.7 Å². The van der Waals surface area contributed by atoms with E-state index in [0.29, 0.717) is 0 Å². The van der Waals surface area contributed by atoms with Crippen molar-refractivity contribution in [1.82, 2.24) is 19.7 Å². The quantitative estimate of drug-likeness (QED) is 0.548. The van der Waals surface area contributed by atoms with Gasteiger partial charge in [-0.2, -0.15) is 5.10 Å². The minimum Gasteiger partial charge on any atom is -0.399 e. The first-order valence-corrected chi connectivity index (χ1v) is 7.88. The number of rotatable bonds is 5. The minimum atomic E-state index is 0. The van der Waals surface area contributed by atoms with Gasteiger partial charge in [-0.25, -0.2) is 4.98 Å². The zero-order valence-electron chi connectivity index (χ0n) is 14.6. The Kier molecular flexibility index (Phi) is 5.51. The predicted octanol–water partition coefficient (Wildman–Crippen LogP) is 2.80. The van der Waals surface area contributed by atoms with Gasteiger partial charge in [-0.1, -0.05) is 0 Å². The first kappa shape index (κ1) is 18.3. The Morgan fingerprint density at radius 3 is 2.75 bits per heavy atom. The Bertz CT molecular complexity index is 855. The topological polar surface area (TPSA) is 72.0 Å². The maximum atomic E-state index is 5.93. The number of nitrogen functional groups attached to an aromatic ring is 1. The van der Waals surface area contributed by atoms with E-state index in [1.807, 2.05) is 36.9 Å². The highest BCUT2D eigenvalue weighted by molar-refractivity contribution is 6.08. The van der Waals surface area contributed by atoms with Crippen LogP contribution in [0.3, 0.4) is 0 Å². The summed E-state index contributed by atoms with van der Waals surface area (Å²) in [7, 11) is 6.11. The van der Waals surface area contributed by atoms with E-state index in [1.54, 1.807) is 0 Å². The van der Waals surface area contributed by atoms with Gasteiger partial charge in [0.05, 0.1) is 22.3 Å². The Morgan fingerprint density at radius 2 is 2.04 bits per heavy atom. The van der Waals surface area contributed by atoms with Crippen molar-refractivity contribution in [1.29, 1.82) is 0 Å². The number of halogens is 1. The van der Waals surface area contributed by atoms with Crippen LogP contribution in [0.5, 0.6) is 0 Å². The lowest BCUT2D eigenvalue weighted by atomic mass is 10.1. The van der Waals surface area contributed by atoms with Gasteiger partial charge < -0.3 is 16.0 Å². The first-order chi connectivity index (χ1) is 11.0. The summed E-state index contributed by atoms with van der Waals surface area (Å²) in [5, 5.41) is 10.3. The lowest BCUT2D eigenvalue weighted by Gasteiger charge is -2.14. The van der Waals surface area contributed by atoms with E-state index in [0.717, 1.165) is 58.5 Å². The molecule has 24 heavy (non-hydrogen) atoms. The van der Waals surface area contributed by atoms with E-state index in [9.17, 15) is 0 Å². The smallest absolute Gasteiger partial charge is 0.160 e. The van der Waals surface area contributed by atoms with Crippen molar-refractivity contribution < 1.29 is 0 Å². The fourth-order valence-electron chi connectivity index (χ4n) is 2.96. The van der Waals surface area contributed by atoms with Gasteiger partial charge in [0.1, 0.15) is 0 Å². The van der Waals surface area contributed by atoms with Crippen LogP contribution in [-0.4, -0.2) is 46.8 Å². The van der Waals surface area contributed by atoms with Gasteiger partial charge >= 0.3 is 0 Å². The summed E-state index contributed by atoms with van der Waals surface area (Å²) >= 11 is 0. The fraction of sp³-hybridized carbons (Fsp3) is 0.412. The number of anilines is 2. The lowest BCUT2D eigenvalue weighted by Crippen LogP contribution is -2.16. The number of benzene rings is 1. The minimum absolute atomic E-state index is 0. The number of aryl methyl sites for hydroxylation is 2. The molecule has 3 rings (SSSR count). The third-order valence-corrected chi connectivity index (χ3v) is 4.04. The van der Waals surface area contributed by atoms with E-state index < -0.39 is 0 Å². The molecule has 7 heteroatoms. The Labute approximate surface area is 148 Å². The highest BCUT2D eigenvalue weighted by atomic mass is 35.5. The van der Waals surface area contributed by atoms with Crippen molar-refractivity contribution in [2.24, 2.45) is 7.05 Å². The van der Waals surface area contributed by atoms with Crippen LogP contribution < -0.4 is 11.1 Å². The second-order valence-electron chi connectivity index (χ2n) is 6.25. The zero-order valence-corrected chi connectivity index (χ0v) is 15.4. The van der Waals surface area contributed by atoms with Crippen molar-refractivity contribution in [3.63, 3.8) is 0 Å². The van der Waals surface area contributed by atoms with E-state index >= 15 is 0 Å². The molecule has 0 amide bonds. The largest absolute Gasteiger partial charge is 0.399 e. The monoisotopic (exact) mass is 348 g/mol. The van der Waals surface area contributed by atoms with Crippen LogP contribution in [0, 0.1) is 6.92 Å². The molecule has 0 radical (unpaired) electrons. The average Bonchev–Trinajstić information content (AvgIpc) is 2.76. The number of hydrogen-bond acceptors (Lipinski definition) is 5. The summed E-state index contributed by atoms with van der Waals surface area (Å²) < 4.78 is 1.83. The van der Waals surface area contributed by atoms with Crippen LogP contribution in [0.25, 0.3) is 21.9 Å². The molecule has 130 valence electrons. The van der Waals surface area contributed by atoms with E-state index in [1.165, 1.54) is 0 Å². The molecule has 0 aliphatic rings. The maximum Gasteiger partial charge on any atom is 0.160 e. The second-order valence-corrected chi connectivity index (χ2v) is 6.25. The van der Waals surface area contributed by atoms with Gasteiger partial charge in [0.2, 0.25) is 0 Å². The molecule has 0 unspecified atom stereocenters. The Balaban J connectivity index is 0.00000208. The number of aromatic nitrogens is 3. The number of nitrogens with zero attached hydrogens (tertiary/aromatic N) is 4.